The van der Waals surface area contributed by atoms with Gasteiger partial charge in [0.2, 0.25) is 29.5 Å². The fourth-order valence-corrected chi connectivity index (χ4v) is 19.3. The quantitative estimate of drug-likeness (QED) is 0.0144. The highest BCUT2D eigenvalue weighted by molar-refractivity contribution is 8.77. The Morgan fingerprint density at radius 3 is 1.39 bits per heavy atom. The lowest BCUT2D eigenvalue weighted by Crippen LogP contribution is -2.40. The number of aliphatic hydroxyl groups excluding tert-OH is 1. The Hall–Kier alpha value is -1.66. The highest BCUT2D eigenvalue weighted by Gasteiger charge is 2.45. The predicted octanol–water partition coefficient (Wildman–Crippen LogP) is 15.2. The van der Waals surface area contributed by atoms with Gasteiger partial charge in [-0.3, -0.25) is 42.6 Å². The molecule has 114 heavy (non-hydrogen) atoms. The second-order valence-electron chi connectivity index (χ2n) is 32.7. The number of nitrogens with zero attached hydrogens (tertiary/aromatic N) is 5. The second kappa shape index (κ2) is 59.2. The topological polar surface area (TPSA) is 335 Å². The fourth-order valence-electron chi connectivity index (χ4n) is 12.9. The zero-order valence-corrected chi connectivity index (χ0v) is 76.7. The first-order valence-electron chi connectivity index (χ1n) is 40.9. The molecule has 12 atom stereocenters. The van der Waals surface area contributed by atoms with Gasteiger partial charge in [-0.2, -0.15) is 11.8 Å². The summed E-state index contributed by atoms with van der Waals surface area (Å²) >= 11 is 1.82. The van der Waals surface area contributed by atoms with E-state index >= 15 is 0 Å². The van der Waals surface area contributed by atoms with Gasteiger partial charge in [0.05, 0.1) is 92.5 Å². The molecule has 0 spiro atoms. The number of ether oxygens (including phenoxy) is 4. The lowest BCUT2D eigenvalue weighted by Gasteiger charge is -2.25. The van der Waals surface area contributed by atoms with Crippen molar-refractivity contribution in [3.63, 3.8) is 0 Å². The number of hydrogen-bond donors (Lipinski definition) is 4. The van der Waals surface area contributed by atoms with Crippen LogP contribution < -0.4 is 5.32 Å². The van der Waals surface area contributed by atoms with Crippen LogP contribution in [0.3, 0.4) is 0 Å². The summed E-state index contributed by atoms with van der Waals surface area (Å²) in [6.07, 6.45) is 5.24. The molecule has 5 fully saturated rings. The van der Waals surface area contributed by atoms with Crippen molar-refractivity contribution in [1.82, 2.24) is 29.8 Å². The molecule has 0 aromatic rings. The van der Waals surface area contributed by atoms with Crippen molar-refractivity contribution >= 4 is 112 Å². The molecule has 5 rings (SSSR count). The van der Waals surface area contributed by atoms with E-state index in [1.807, 2.05) is 117 Å². The van der Waals surface area contributed by atoms with Gasteiger partial charge < -0.3 is 63.7 Å². The Bertz CT molecular complexity index is 2830. The van der Waals surface area contributed by atoms with Gasteiger partial charge in [-0.25, -0.2) is 18.9 Å². The van der Waals surface area contributed by atoms with E-state index in [4.69, 9.17) is 47.1 Å². The monoisotopic (exact) mass is 1760 g/mol. The van der Waals surface area contributed by atoms with Gasteiger partial charge >= 0.3 is 15.6 Å². The van der Waals surface area contributed by atoms with Crippen LogP contribution in [0.4, 0.5) is 0 Å². The molecule has 28 nitrogen and oxygen atoms in total. The molecular weight excluding hydrogens is 1610 g/mol. The predicted molar refractivity (Wildman–Crippen MR) is 461 cm³/mol. The summed E-state index contributed by atoms with van der Waals surface area (Å²) in [5, 5.41) is 13.9. The van der Waals surface area contributed by atoms with Gasteiger partial charge in [-0.05, 0) is 148 Å². The van der Waals surface area contributed by atoms with E-state index in [9.17, 15) is 57.6 Å². The molecule has 2 unspecified atom stereocenters. The van der Waals surface area contributed by atoms with Gasteiger partial charge in [0.15, 0.2) is 12.5 Å². The Labute approximate surface area is 706 Å². The van der Waals surface area contributed by atoms with E-state index < -0.39 is 52.3 Å². The van der Waals surface area contributed by atoms with Crippen LogP contribution in [-0.2, 0) is 89.8 Å². The van der Waals surface area contributed by atoms with Crippen LogP contribution in [0.15, 0.2) is 0 Å². The number of ketones is 2. The molecule has 5 heterocycles. The van der Waals surface area contributed by atoms with Gasteiger partial charge in [0.25, 0.3) is 0 Å². The van der Waals surface area contributed by atoms with Crippen LogP contribution in [0.25, 0.3) is 0 Å². The summed E-state index contributed by atoms with van der Waals surface area (Å²) in [5.41, 5.74) is 0. The minimum Gasteiger partial charge on any atom is -0.391 e. The van der Waals surface area contributed by atoms with Gasteiger partial charge in [0.1, 0.15) is 11.6 Å². The maximum Gasteiger partial charge on any atom is 0.499 e. The summed E-state index contributed by atoms with van der Waals surface area (Å²) in [4.78, 5) is 128. The lowest BCUT2D eigenvalue weighted by atomic mass is 10.1. The molecule has 5 amide bonds. The molecular formula is C79H152N6O22P2S5. The Morgan fingerprint density at radius 2 is 0.904 bits per heavy atom. The fraction of sp³-hybridized carbons (Fsp3) is 0.911. The number of hydrogen-bond acceptors (Lipinski definition) is 26. The molecule has 4 N–H and O–H groups in total. The molecule has 5 saturated heterocycles. The van der Waals surface area contributed by atoms with Crippen LogP contribution in [0.5, 0.6) is 0 Å². The third-order valence-electron chi connectivity index (χ3n) is 18.6. The van der Waals surface area contributed by atoms with Gasteiger partial charge in [0, 0.05) is 113 Å². The third-order valence-corrected chi connectivity index (χ3v) is 26.3. The van der Waals surface area contributed by atoms with Crippen LogP contribution in [0.2, 0.25) is 0 Å². The van der Waals surface area contributed by atoms with Crippen molar-refractivity contribution in [3.05, 3.63) is 0 Å². The van der Waals surface area contributed by atoms with Crippen molar-refractivity contribution < 1.29 is 105 Å². The molecule has 5 aliphatic rings. The number of rotatable bonds is 53. The normalized spacial score (nSPS) is 22.8. The zero-order valence-electron chi connectivity index (χ0n) is 70.9. The van der Waals surface area contributed by atoms with Crippen LogP contribution in [0.1, 0.15) is 262 Å². The molecule has 0 aromatic carbocycles. The van der Waals surface area contributed by atoms with Crippen molar-refractivity contribution in [3.8, 4) is 0 Å². The number of phosphoric ester groups is 2. The maximum absolute atomic E-state index is 13.2. The van der Waals surface area contributed by atoms with Crippen molar-refractivity contribution in [1.29, 1.82) is 0 Å². The third kappa shape index (κ3) is 47.7. The number of phosphoric acid groups is 2. The van der Waals surface area contributed by atoms with E-state index in [-0.39, 0.29) is 169 Å². The van der Waals surface area contributed by atoms with E-state index in [0.717, 1.165) is 48.2 Å². The van der Waals surface area contributed by atoms with E-state index in [2.05, 4.69) is 46.9 Å². The Balaban J connectivity index is 0.000000891. The SMILES string of the molecule is C.C.CC(C)CCC(=O)N1C[C@H](C)C[C@H]1OOP(=O)(O)O[C@@H]1C[C@@H](COC(C)C)N(C(=O)CCCSC(C)C)C1.CC(C)CCCSSCC(=O)N1C[C@H](OC(C)C)C[C@H]1COC(C)C.CC(C)NCCCC(=O)CCC(=O)N1C[C@H](O)C[C@H]1OOP(=O)(O)O[C@@H]1C[C@@H](COC(C)C)N(C(=O)CCCSSCCC(=O)C(C)C)C1. The molecule has 0 bridgehead atoms. The number of likely N-dealkylation sites (tertiary alicyclic amines) is 5. The first kappa shape index (κ1) is 110. The summed E-state index contributed by atoms with van der Waals surface area (Å²) in [7, 11) is -2.66. The molecule has 35 heteroatoms. The first-order valence-corrected chi connectivity index (χ1v) is 49.9. The second-order valence-corrected chi connectivity index (χ2v) is 42.2. The highest BCUT2D eigenvalue weighted by atomic mass is 33.1. The number of carbonyl (C=O) groups excluding carboxylic acids is 7. The highest BCUT2D eigenvalue weighted by Crippen LogP contribution is 2.49. The standard InChI is InChI=1S/C32H58N3O11PS2.C26H49N2O8PS.C19H37NO3S2.2CH4/c1-22(2)29(38)13-16-49-48-15-8-10-30(39)34-20-28(17-25(34)21-43-24(5)6)45-47(41,42)46-44-32-18-27(37)19-35(32)31(40)12-11-26(36)9-7-14-33-23(3)4;1-18(2)10-11-25(30)28-15-21(7)13-26(28)34-36-37(31,32)35-23-14-22(17-33-19(3)4)27(16-23)24(29)9-8-12-38-20(5)6;1-14(2)8-7-9-24-25-13-19(21)20-11-18(23-16(5)6)10-17(20)12-22-15(3)4;;/h22-25,27-28,32-33,37H,7-21H2,1-6H3,(H,41,42);18-23,26H,8-17H2,1-7H3,(H,31,32);14-18H,7-13H2,1-6H3;2*1H4/t25-,27+,28+,32+;21-,22+,23-,26-;17-,18+;;/m010../s1. The Kier molecular flexibility index (Phi) is 57.3. The molecule has 670 valence electrons. The molecule has 0 aromatic heterocycles. The number of Topliss-reactive ketones (excluding diaryl/α,β-unsaturated/α-hetero) is 2. The van der Waals surface area contributed by atoms with Crippen LogP contribution in [-0.4, -0.2) is 259 Å². The summed E-state index contributed by atoms with van der Waals surface area (Å²) in [6.45, 7) is 41.7. The first-order chi connectivity index (χ1) is 52.6. The number of carbonyl (C=O) groups is 7. The average molecular weight is 1760 g/mol. The smallest absolute Gasteiger partial charge is 0.391 e. The summed E-state index contributed by atoms with van der Waals surface area (Å²) < 4.78 is 69.5. The van der Waals surface area contributed by atoms with E-state index in [1.165, 1.54) is 17.7 Å². The molecule has 0 aliphatic carbocycles. The summed E-state index contributed by atoms with van der Waals surface area (Å²) in [6, 6.07) is -0.148. The van der Waals surface area contributed by atoms with E-state index in [0.29, 0.717) is 107 Å². The van der Waals surface area contributed by atoms with E-state index in [1.54, 1.807) is 47.1 Å². The van der Waals surface area contributed by atoms with Crippen LogP contribution >= 0.6 is 70.6 Å². The lowest BCUT2D eigenvalue weighted by molar-refractivity contribution is -0.285. The number of nitrogens with one attached hydrogen (secondary N) is 1. The van der Waals surface area contributed by atoms with Gasteiger partial charge in [-0.15, -0.1) is 9.35 Å². The van der Waals surface area contributed by atoms with Crippen LogP contribution in [0, 0.1) is 23.7 Å². The number of thioether (sulfide) groups is 1. The van der Waals surface area contributed by atoms with Crippen molar-refractivity contribution in [2.24, 2.45) is 23.7 Å². The minimum absolute atomic E-state index is 0. The van der Waals surface area contributed by atoms with Crippen molar-refractivity contribution in [2.45, 2.75) is 353 Å². The molecule has 0 saturated carbocycles. The number of amides is 5. The maximum atomic E-state index is 13.2. The van der Waals surface area contributed by atoms with Crippen molar-refractivity contribution in [2.75, 3.05) is 87.9 Å². The minimum atomic E-state index is -4.81. The average Bonchev–Trinajstić information content (AvgIpc) is 1.67. The molecule has 5 aliphatic heterocycles. The largest absolute Gasteiger partial charge is 0.499 e. The Morgan fingerprint density at radius 1 is 0.456 bits per heavy atom. The number of aliphatic hydroxyl groups is 1. The van der Waals surface area contributed by atoms with Gasteiger partial charge in [-0.1, -0.05) is 141 Å². The zero-order chi connectivity index (χ0) is 83.8. The summed E-state index contributed by atoms with van der Waals surface area (Å²) in [5.74, 6) is 5.18. The number of β-amino-alcohol motifs (C(OH)–C–C–N with tert-alkyl or cyclic N) is 1. The molecule has 0 radical (unpaired) electrons.